The van der Waals surface area contributed by atoms with Crippen molar-refractivity contribution in [1.82, 2.24) is 19.5 Å². The minimum atomic E-state index is 0.527. The molecule has 320 valence electrons. The van der Waals surface area contributed by atoms with Gasteiger partial charge in [-0.05, 0) is 75.1 Å². The topological polar surface area (TPSA) is 56.7 Å². The maximum absolute atomic E-state index is 7.33. The zero-order chi connectivity index (χ0) is 45.2. The van der Waals surface area contributed by atoms with Crippen LogP contribution in [0.25, 0.3) is 147 Å². The van der Waals surface area contributed by atoms with Crippen molar-refractivity contribution < 1.29 is 4.42 Å². The molecule has 0 unspecified atom stereocenters. The Bertz CT molecular complexity index is 4600. The molecule has 4 heterocycles. The van der Waals surface area contributed by atoms with E-state index >= 15 is 0 Å². The van der Waals surface area contributed by atoms with Crippen LogP contribution in [0.5, 0.6) is 0 Å². The lowest BCUT2D eigenvalue weighted by Crippen LogP contribution is -2.04. The van der Waals surface area contributed by atoms with Gasteiger partial charge in [0.1, 0.15) is 11.2 Å². The summed E-state index contributed by atoms with van der Waals surface area (Å²) in [6.45, 7) is 0. The Kier molecular flexibility index (Phi) is 8.17. The predicted octanol–water partition coefficient (Wildman–Crippen LogP) is 17.4. The van der Waals surface area contributed by atoms with Crippen molar-refractivity contribution >= 4 is 108 Å². The number of rotatable bonds is 5. The van der Waals surface area contributed by atoms with E-state index in [4.69, 9.17) is 19.4 Å². The summed E-state index contributed by atoms with van der Waals surface area (Å²) in [7, 11) is 0. The molecule has 6 heteroatoms. The van der Waals surface area contributed by atoms with Crippen LogP contribution in [0, 0.1) is 0 Å². The minimum Gasteiger partial charge on any atom is -0.455 e. The maximum atomic E-state index is 7.33. The molecular formula is C63H36N4OS. The Morgan fingerprint density at radius 2 is 0.957 bits per heavy atom. The van der Waals surface area contributed by atoms with Gasteiger partial charge in [0.15, 0.2) is 17.5 Å². The molecule has 0 bridgehead atoms. The van der Waals surface area contributed by atoms with Crippen LogP contribution in [0.15, 0.2) is 223 Å². The maximum Gasteiger partial charge on any atom is 0.170 e. The van der Waals surface area contributed by atoms with Crippen molar-refractivity contribution in [3.63, 3.8) is 0 Å². The van der Waals surface area contributed by atoms with Gasteiger partial charge < -0.3 is 8.98 Å². The average Bonchev–Trinajstić information content (AvgIpc) is 4.10. The van der Waals surface area contributed by atoms with E-state index in [0.717, 1.165) is 98.8 Å². The highest BCUT2D eigenvalue weighted by Gasteiger charge is 2.27. The van der Waals surface area contributed by atoms with E-state index in [1.165, 1.54) is 30.9 Å². The predicted molar refractivity (Wildman–Crippen MR) is 289 cm³/mol. The van der Waals surface area contributed by atoms with E-state index in [-0.39, 0.29) is 0 Å². The summed E-state index contributed by atoms with van der Waals surface area (Å²) in [6.07, 6.45) is 0. The lowest BCUT2D eigenvalue weighted by molar-refractivity contribution is 0.673. The van der Waals surface area contributed by atoms with Gasteiger partial charge in [0.05, 0.1) is 22.3 Å². The molecule has 4 aromatic heterocycles. The van der Waals surface area contributed by atoms with Crippen molar-refractivity contribution in [3.05, 3.63) is 218 Å². The van der Waals surface area contributed by atoms with Crippen LogP contribution in [0.4, 0.5) is 0 Å². The highest BCUT2D eigenvalue weighted by molar-refractivity contribution is 7.25. The van der Waals surface area contributed by atoms with Crippen LogP contribution in [0.2, 0.25) is 0 Å². The van der Waals surface area contributed by atoms with Gasteiger partial charge in [0, 0.05) is 63.6 Å². The molecule has 0 N–H and O–H groups in total. The van der Waals surface area contributed by atoms with Crippen LogP contribution in [-0.4, -0.2) is 19.5 Å². The molecule has 0 aliphatic heterocycles. The Hall–Kier alpha value is -8.97. The molecule has 0 fully saturated rings. The summed E-state index contributed by atoms with van der Waals surface area (Å²) in [4.78, 5) is 16.6. The average molecular weight is 897 g/mol. The molecule has 0 amide bonds. The third-order valence-electron chi connectivity index (χ3n) is 14.0. The van der Waals surface area contributed by atoms with Crippen LogP contribution in [0.1, 0.15) is 0 Å². The number of aromatic nitrogens is 4. The lowest BCUT2D eigenvalue weighted by atomic mass is 10.0. The van der Waals surface area contributed by atoms with Gasteiger partial charge in [-0.3, -0.25) is 0 Å². The number of benzene rings is 11. The van der Waals surface area contributed by atoms with Crippen LogP contribution < -0.4 is 0 Å². The summed E-state index contributed by atoms with van der Waals surface area (Å²) in [5.41, 5.74) is 9.57. The third kappa shape index (κ3) is 5.79. The number of thiophene rings is 1. The molecule has 5 nitrogen and oxygen atoms in total. The summed E-state index contributed by atoms with van der Waals surface area (Å²) < 4.78 is 12.2. The van der Waals surface area contributed by atoms with Gasteiger partial charge in [0.25, 0.3) is 0 Å². The Morgan fingerprint density at radius 3 is 1.78 bits per heavy atom. The fraction of sp³-hybridized carbons (Fsp3) is 0. The first-order valence-corrected chi connectivity index (χ1v) is 24.1. The van der Waals surface area contributed by atoms with E-state index in [2.05, 4.69) is 217 Å². The number of hydrogen-bond acceptors (Lipinski definition) is 5. The zero-order valence-corrected chi connectivity index (χ0v) is 37.7. The molecule has 0 saturated heterocycles. The van der Waals surface area contributed by atoms with Crippen molar-refractivity contribution in [2.24, 2.45) is 0 Å². The van der Waals surface area contributed by atoms with Gasteiger partial charge in [-0.15, -0.1) is 11.3 Å². The van der Waals surface area contributed by atoms with Crippen LogP contribution >= 0.6 is 11.3 Å². The molecule has 69 heavy (non-hydrogen) atoms. The largest absolute Gasteiger partial charge is 0.455 e. The van der Waals surface area contributed by atoms with E-state index in [1.54, 1.807) is 11.3 Å². The molecule has 0 atom stereocenters. The number of furan rings is 1. The van der Waals surface area contributed by atoms with Crippen molar-refractivity contribution in [1.29, 1.82) is 0 Å². The molecule has 0 saturated carbocycles. The first-order chi connectivity index (χ1) is 34.2. The van der Waals surface area contributed by atoms with Gasteiger partial charge in [-0.2, -0.15) is 0 Å². The number of hydrogen-bond donors (Lipinski definition) is 0. The molecule has 0 radical (unpaired) electrons. The Labute approximate surface area is 398 Å². The fourth-order valence-electron chi connectivity index (χ4n) is 10.8. The monoisotopic (exact) mass is 896 g/mol. The highest BCUT2D eigenvalue weighted by Crippen LogP contribution is 2.46. The van der Waals surface area contributed by atoms with E-state index in [9.17, 15) is 0 Å². The Balaban J connectivity index is 1.10. The Morgan fingerprint density at radius 1 is 0.362 bits per heavy atom. The molecule has 11 aromatic carbocycles. The van der Waals surface area contributed by atoms with Crippen LogP contribution in [-0.2, 0) is 0 Å². The van der Waals surface area contributed by atoms with Crippen molar-refractivity contribution in [2.75, 3.05) is 0 Å². The molecule has 0 aliphatic carbocycles. The van der Waals surface area contributed by atoms with E-state index < -0.39 is 0 Å². The second-order valence-corrected chi connectivity index (χ2v) is 18.9. The van der Waals surface area contributed by atoms with E-state index in [1.807, 2.05) is 6.07 Å². The zero-order valence-electron chi connectivity index (χ0n) is 36.9. The van der Waals surface area contributed by atoms with Gasteiger partial charge >= 0.3 is 0 Å². The van der Waals surface area contributed by atoms with Gasteiger partial charge in [0.2, 0.25) is 0 Å². The first-order valence-electron chi connectivity index (χ1n) is 23.3. The quantitative estimate of drug-likeness (QED) is 0.173. The second kappa shape index (κ2) is 14.8. The molecule has 0 spiro atoms. The molecular weight excluding hydrogens is 861 g/mol. The molecule has 0 aliphatic rings. The normalized spacial score (nSPS) is 12.1. The summed E-state index contributed by atoms with van der Waals surface area (Å²) >= 11 is 1.79. The van der Waals surface area contributed by atoms with Crippen LogP contribution in [0.3, 0.4) is 0 Å². The third-order valence-corrected chi connectivity index (χ3v) is 15.2. The van der Waals surface area contributed by atoms with E-state index in [0.29, 0.717) is 17.5 Å². The van der Waals surface area contributed by atoms with Crippen molar-refractivity contribution in [2.45, 2.75) is 0 Å². The lowest BCUT2D eigenvalue weighted by Gasteiger charge is -2.16. The van der Waals surface area contributed by atoms with Crippen molar-refractivity contribution in [3.8, 4) is 51.0 Å². The SMILES string of the molecule is c1ccc(-c2ccc(-c3nc(-c4c(-n5c6cc7ccccc7cc6c6ccc7ccccc7c65)ccc5c4oc4c6ccccc6ccc54)nc(-c4cccc5sc6ccccc6c45)n3)cc2)cc1. The number of nitrogens with zero attached hydrogens (tertiary/aromatic N) is 4. The summed E-state index contributed by atoms with van der Waals surface area (Å²) in [6, 6.07) is 78.0. The summed E-state index contributed by atoms with van der Waals surface area (Å²) in [5, 5.41) is 13.5. The standard InChI is InChI=1S/C63H36N4OS/c1-2-13-37(14-3-1)38-25-27-41(28-26-38)61-64-62(50-22-12-24-55-56(50)49-21-10-11-23-54(49)69-55)66-63(65-61)57-52(34-33-48-47-32-30-40-16-7-9-20-45(40)59(47)68-60(48)57)67-53-36-43-18-5-4-17-42(43)35-51(53)46-31-29-39-15-6-8-19-44(39)58(46)67/h1-36H. The number of fused-ring (bicyclic) bond motifs is 14. The second-order valence-electron chi connectivity index (χ2n) is 17.9. The first kappa shape index (κ1) is 38.2. The molecule has 15 rings (SSSR count). The summed E-state index contributed by atoms with van der Waals surface area (Å²) in [5.74, 6) is 1.70. The van der Waals surface area contributed by atoms with Gasteiger partial charge in [-0.25, -0.2) is 15.0 Å². The molecule has 15 aromatic rings. The van der Waals surface area contributed by atoms with Gasteiger partial charge in [-0.1, -0.05) is 176 Å². The highest BCUT2D eigenvalue weighted by atomic mass is 32.1. The smallest absolute Gasteiger partial charge is 0.170 e. The minimum absolute atomic E-state index is 0.527. The fourth-order valence-corrected chi connectivity index (χ4v) is 11.9.